The normalized spacial score (nSPS) is 14.5. The summed E-state index contributed by atoms with van der Waals surface area (Å²) in [7, 11) is 3.96. The van der Waals surface area contributed by atoms with Crippen molar-refractivity contribution in [3.63, 3.8) is 0 Å². The molecule has 1 saturated heterocycles. The van der Waals surface area contributed by atoms with Crippen molar-refractivity contribution in [3.8, 4) is 0 Å². The predicted molar refractivity (Wildman–Crippen MR) is 117 cm³/mol. The molecule has 2 N–H and O–H groups in total. The number of benzene rings is 2. The molecule has 2 amide bonds. The van der Waals surface area contributed by atoms with E-state index in [2.05, 4.69) is 12.2 Å². The summed E-state index contributed by atoms with van der Waals surface area (Å²) in [6.45, 7) is 5.41. The lowest BCUT2D eigenvalue weighted by atomic mass is 10.1. The second kappa shape index (κ2) is 9.56. The first-order valence-corrected chi connectivity index (χ1v) is 10.3. The molecule has 0 saturated carbocycles. The fraction of sp³-hybridized carbons (Fsp3) is 0.391. The van der Waals surface area contributed by atoms with Crippen molar-refractivity contribution in [2.75, 3.05) is 57.0 Å². The van der Waals surface area contributed by atoms with Crippen LogP contribution in [-0.4, -0.2) is 63.5 Å². The second-order valence-corrected chi connectivity index (χ2v) is 7.72. The number of hydrogen-bond acceptors (Lipinski definition) is 3. The molecule has 1 fully saturated rings. The molecular weight excluding hydrogens is 364 g/mol. The number of para-hydroxylation sites is 1. The second-order valence-electron chi connectivity index (χ2n) is 7.72. The van der Waals surface area contributed by atoms with Crippen LogP contribution in [0.25, 0.3) is 0 Å². The lowest BCUT2D eigenvalue weighted by Crippen LogP contribution is -3.15. The quantitative estimate of drug-likeness (QED) is 0.775. The van der Waals surface area contributed by atoms with Gasteiger partial charge in [-0.1, -0.05) is 25.1 Å². The molecule has 0 atom stereocenters. The summed E-state index contributed by atoms with van der Waals surface area (Å²) in [5.74, 6) is 0.0932. The summed E-state index contributed by atoms with van der Waals surface area (Å²) < 4.78 is 0. The van der Waals surface area contributed by atoms with Gasteiger partial charge in [0.25, 0.3) is 11.8 Å². The Bertz CT molecular complexity index is 840. The molecule has 0 aliphatic carbocycles. The van der Waals surface area contributed by atoms with Gasteiger partial charge in [-0.2, -0.15) is 0 Å². The average molecular weight is 396 g/mol. The number of quaternary nitrogens is 1. The number of piperazine rings is 1. The number of anilines is 2. The van der Waals surface area contributed by atoms with E-state index in [1.165, 1.54) is 4.90 Å². The minimum Gasteiger partial charge on any atom is -0.378 e. The van der Waals surface area contributed by atoms with Crippen LogP contribution in [0.3, 0.4) is 0 Å². The zero-order valence-corrected chi connectivity index (χ0v) is 17.6. The van der Waals surface area contributed by atoms with E-state index in [0.717, 1.165) is 36.4 Å². The molecule has 0 aromatic heterocycles. The molecule has 6 nitrogen and oxygen atoms in total. The van der Waals surface area contributed by atoms with E-state index < -0.39 is 0 Å². The summed E-state index contributed by atoms with van der Waals surface area (Å²) >= 11 is 0. The third-order valence-corrected chi connectivity index (χ3v) is 5.47. The van der Waals surface area contributed by atoms with Gasteiger partial charge in [0.15, 0.2) is 6.54 Å². The van der Waals surface area contributed by atoms with Gasteiger partial charge in [-0.05, 0) is 42.3 Å². The summed E-state index contributed by atoms with van der Waals surface area (Å²) in [6, 6.07) is 15.6. The number of hydrogen-bond donors (Lipinski definition) is 2. The Morgan fingerprint density at radius 3 is 2.31 bits per heavy atom. The molecule has 0 unspecified atom stereocenters. The number of nitrogens with one attached hydrogen (secondary N) is 2. The standard InChI is InChI=1S/C23H30N4O2/c1-4-18-7-5-6-8-21(18)24-22(28)17-26-13-15-27(16-14-26)23(29)19-9-11-20(12-10-19)25(2)3/h5-12H,4,13-17H2,1-3H3,(H,24,28)/p+1. The van der Waals surface area contributed by atoms with E-state index in [1.807, 2.05) is 72.4 Å². The van der Waals surface area contributed by atoms with Gasteiger partial charge < -0.3 is 20.0 Å². The topological polar surface area (TPSA) is 57.1 Å². The molecule has 0 bridgehead atoms. The molecule has 3 rings (SSSR count). The van der Waals surface area contributed by atoms with Gasteiger partial charge in [0, 0.05) is 31.0 Å². The first kappa shape index (κ1) is 20.9. The van der Waals surface area contributed by atoms with Crippen molar-refractivity contribution in [1.82, 2.24) is 4.90 Å². The van der Waals surface area contributed by atoms with Crippen LogP contribution in [0.5, 0.6) is 0 Å². The minimum absolute atomic E-state index is 0.0277. The Labute approximate surface area is 173 Å². The van der Waals surface area contributed by atoms with E-state index in [0.29, 0.717) is 25.2 Å². The monoisotopic (exact) mass is 395 g/mol. The molecule has 1 heterocycles. The van der Waals surface area contributed by atoms with Gasteiger partial charge in [0.2, 0.25) is 0 Å². The average Bonchev–Trinajstić information content (AvgIpc) is 2.74. The molecule has 6 heteroatoms. The first-order chi connectivity index (χ1) is 14.0. The highest BCUT2D eigenvalue weighted by molar-refractivity contribution is 5.94. The highest BCUT2D eigenvalue weighted by Gasteiger charge is 2.26. The number of amides is 2. The highest BCUT2D eigenvalue weighted by Crippen LogP contribution is 2.15. The Morgan fingerprint density at radius 2 is 1.69 bits per heavy atom. The van der Waals surface area contributed by atoms with Crippen LogP contribution in [0.15, 0.2) is 48.5 Å². The molecule has 0 spiro atoms. The minimum atomic E-state index is 0.0277. The van der Waals surface area contributed by atoms with Crippen LogP contribution in [0, 0.1) is 0 Å². The Kier molecular flexibility index (Phi) is 6.88. The Hall–Kier alpha value is -2.86. The van der Waals surface area contributed by atoms with Gasteiger partial charge in [-0.3, -0.25) is 9.59 Å². The number of rotatable bonds is 6. The molecule has 29 heavy (non-hydrogen) atoms. The number of nitrogens with zero attached hydrogens (tertiary/aromatic N) is 2. The highest BCUT2D eigenvalue weighted by atomic mass is 16.2. The molecule has 2 aromatic carbocycles. The van der Waals surface area contributed by atoms with Gasteiger partial charge >= 0.3 is 0 Å². The fourth-order valence-corrected chi connectivity index (χ4v) is 3.66. The molecule has 0 radical (unpaired) electrons. The van der Waals surface area contributed by atoms with Crippen molar-refractivity contribution >= 4 is 23.2 Å². The van der Waals surface area contributed by atoms with Crippen molar-refractivity contribution in [2.45, 2.75) is 13.3 Å². The van der Waals surface area contributed by atoms with Crippen LogP contribution in [0.1, 0.15) is 22.8 Å². The maximum absolute atomic E-state index is 12.7. The number of carbonyl (C=O) groups is 2. The summed E-state index contributed by atoms with van der Waals surface area (Å²) in [5.41, 5.74) is 3.83. The van der Waals surface area contributed by atoms with Crippen LogP contribution in [0.4, 0.5) is 11.4 Å². The number of carbonyl (C=O) groups excluding carboxylic acids is 2. The third kappa shape index (κ3) is 5.35. The van der Waals surface area contributed by atoms with Crippen LogP contribution >= 0.6 is 0 Å². The van der Waals surface area contributed by atoms with E-state index in [1.54, 1.807) is 0 Å². The molecule has 154 valence electrons. The predicted octanol–water partition coefficient (Wildman–Crippen LogP) is 1.29. The van der Waals surface area contributed by atoms with Crippen LogP contribution < -0.4 is 15.1 Å². The summed E-state index contributed by atoms with van der Waals surface area (Å²) in [5, 5.41) is 3.04. The largest absolute Gasteiger partial charge is 0.378 e. The molecule has 1 aliphatic heterocycles. The van der Waals surface area contributed by atoms with Gasteiger partial charge in [-0.15, -0.1) is 0 Å². The Balaban J connectivity index is 1.49. The van der Waals surface area contributed by atoms with E-state index >= 15 is 0 Å². The maximum atomic E-state index is 12.7. The molecular formula is C23H31N4O2+. The maximum Gasteiger partial charge on any atom is 0.279 e. The van der Waals surface area contributed by atoms with Crippen LogP contribution in [0.2, 0.25) is 0 Å². The van der Waals surface area contributed by atoms with Gasteiger partial charge in [0.1, 0.15) is 0 Å². The van der Waals surface area contributed by atoms with Crippen LogP contribution in [-0.2, 0) is 11.2 Å². The fourth-order valence-electron chi connectivity index (χ4n) is 3.66. The van der Waals surface area contributed by atoms with Crippen molar-refractivity contribution in [3.05, 3.63) is 59.7 Å². The SMILES string of the molecule is CCc1ccccc1NC(=O)C[NH+]1CCN(C(=O)c2ccc(N(C)C)cc2)CC1. The number of aryl methyl sites for hydroxylation is 1. The van der Waals surface area contributed by atoms with E-state index in [-0.39, 0.29) is 11.8 Å². The molecule has 2 aromatic rings. The molecule has 1 aliphatic rings. The van der Waals surface area contributed by atoms with E-state index in [9.17, 15) is 9.59 Å². The van der Waals surface area contributed by atoms with Gasteiger partial charge in [-0.25, -0.2) is 0 Å². The zero-order valence-electron chi connectivity index (χ0n) is 17.6. The van der Waals surface area contributed by atoms with Crippen molar-refractivity contribution < 1.29 is 14.5 Å². The summed E-state index contributed by atoms with van der Waals surface area (Å²) in [6.07, 6.45) is 0.889. The van der Waals surface area contributed by atoms with Crippen molar-refractivity contribution in [2.24, 2.45) is 0 Å². The lowest BCUT2D eigenvalue weighted by Gasteiger charge is -2.32. The van der Waals surface area contributed by atoms with Crippen molar-refractivity contribution in [1.29, 1.82) is 0 Å². The lowest BCUT2D eigenvalue weighted by molar-refractivity contribution is -0.895. The zero-order chi connectivity index (χ0) is 20.8. The first-order valence-electron chi connectivity index (χ1n) is 10.3. The smallest absolute Gasteiger partial charge is 0.279 e. The van der Waals surface area contributed by atoms with Gasteiger partial charge in [0.05, 0.1) is 26.2 Å². The third-order valence-electron chi connectivity index (χ3n) is 5.47. The summed E-state index contributed by atoms with van der Waals surface area (Å²) in [4.78, 5) is 30.3. The Morgan fingerprint density at radius 1 is 1.03 bits per heavy atom. The van der Waals surface area contributed by atoms with E-state index in [4.69, 9.17) is 0 Å².